The summed E-state index contributed by atoms with van der Waals surface area (Å²) in [6, 6.07) is 4.97. The van der Waals surface area contributed by atoms with Crippen molar-refractivity contribution in [1.82, 2.24) is 4.90 Å². The number of hydrogen-bond acceptors (Lipinski definition) is 7. The quantitative estimate of drug-likeness (QED) is 0.529. The molecule has 28 heavy (non-hydrogen) atoms. The second kappa shape index (κ2) is 11.3. The number of methoxy groups -OCH3 is 1. The first-order valence-electron chi connectivity index (χ1n) is 8.65. The number of rotatable bonds is 4. The van der Waals surface area contributed by atoms with Gasteiger partial charge in [-0.05, 0) is 61.2 Å². The summed E-state index contributed by atoms with van der Waals surface area (Å²) in [5.74, 6) is 0.0680. The van der Waals surface area contributed by atoms with Gasteiger partial charge in [-0.3, -0.25) is 4.99 Å². The van der Waals surface area contributed by atoms with E-state index >= 15 is 0 Å². The topological polar surface area (TPSA) is 77.4 Å². The molecule has 0 bridgehead atoms. The van der Waals surface area contributed by atoms with Crippen molar-refractivity contribution in [2.45, 2.75) is 26.4 Å². The number of thiol groups is 1. The molecule has 0 N–H and O–H groups in total. The number of halogens is 1. The lowest BCUT2D eigenvalue weighted by Crippen LogP contribution is -2.44. The van der Waals surface area contributed by atoms with Gasteiger partial charge in [-0.2, -0.15) is 12.6 Å². The monoisotopic (exact) mass is 474 g/mol. The molecule has 0 atom stereocenters. The van der Waals surface area contributed by atoms with E-state index in [1.807, 2.05) is 20.8 Å². The van der Waals surface area contributed by atoms with Crippen LogP contribution in [0.2, 0.25) is 0 Å². The molecule has 0 spiro atoms. The number of benzene rings is 1. The number of esters is 1. The molecule has 1 aliphatic heterocycles. The van der Waals surface area contributed by atoms with Gasteiger partial charge in [-0.15, -0.1) is 0 Å². The fraction of sp³-hybridized carbons (Fsp3) is 0.526. The molecule has 0 saturated heterocycles. The van der Waals surface area contributed by atoms with Crippen molar-refractivity contribution in [3.05, 3.63) is 28.2 Å². The van der Waals surface area contributed by atoms with Crippen molar-refractivity contribution >= 4 is 46.3 Å². The lowest BCUT2D eigenvalue weighted by Gasteiger charge is -2.29. The van der Waals surface area contributed by atoms with Gasteiger partial charge in [0, 0.05) is 6.54 Å². The number of hydrogen-bond donors (Lipinski definition) is 1. The van der Waals surface area contributed by atoms with Gasteiger partial charge in [0.2, 0.25) is 0 Å². The molecule has 1 aliphatic rings. The van der Waals surface area contributed by atoms with E-state index in [0.29, 0.717) is 35.4 Å². The molecule has 0 radical (unpaired) electrons. The summed E-state index contributed by atoms with van der Waals surface area (Å²) in [6.07, 6.45) is 1.33. The average Bonchev–Trinajstić information content (AvgIpc) is 2.67. The van der Waals surface area contributed by atoms with Gasteiger partial charge in [-0.1, -0.05) is 0 Å². The van der Waals surface area contributed by atoms with Crippen molar-refractivity contribution in [2.24, 2.45) is 4.99 Å². The Kier molecular flexibility index (Phi) is 9.81. The minimum Gasteiger partial charge on any atom is -0.486 e. The Hall–Kier alpha value is -1.74. The summed E-state index contributed by atoms with van der Waals surface area (Å²) in [5.41, 5.74) is 0.589. The highest BCUT2D eigenvalue weighted by atomic mass is 79.9. The van der Waals surface area contributed by atoms with Crippen molar-refractivity contribution in [3.8, 4) is 5.75 Å². The third kappa shape index (κ3) is 7.71. The zero-order valence-corrected chi connectivity index (χ0v) is 19.3. The molecule has 0 fully saturated rings. The summed E-state index contributed by atoms with van der Waals surface area (Å²) in [5, 5.41) is 0. The molecule has 1 heterocycles. The molecule has 1 aromatic carbocycles. The van der Waals surface area contributed by atoms with Crippen LogP contribution in [0.1, 0.15) is 31.1 Å². The maximum Gasteiger partial charge on any atom is 0.410 e. The van der Waals surface area contributed by atoms with Crippen LogP contribution in [0.5, 0.6) is 5.75 Å². The van der Waals surface area contributed by atoms with Crippen molar-refractivity contribution in [2.75, 3.05) is 39.6 Å². The highest BCUT2D eigenvalue weighted by Gasteiger charge is 2.25. The highest BCUT2D eigenvalue weighted by molar-refractivity contribution is 9.10. The molecule has 2 rings (SSSR count). The van der Waals surface area contributed by atoms with E-state index < -0.39 is 11.6 Å². The summed E-state index contributed by atoms with van der Waals surface area (Å²) in [4.78, 5) is 29.8. The van der Waals surface area contributed by atoms with Gasteiger partial charge in [0.25, 0.3) is 0 Å². The number of aliphatic imine (C=N–C) groups is 1. The Balaban J connectivity index is 0.00000190. The number of nitrogens with zero attached hydrogens (tertiary/aromatic N) is 2. The first kappa shape index (κ1) is 24.3. The van der Waals surface area contributed by atoms with Gasteiger partial charge < -0.3 is 19.1 Å². The Morgan fingerprint density at radius 2 is 1.96 bits per heavy atom. The average molecular weight is 475 g/mol. The molecule has 1 amide bonds. The maximum absolute atomic E-state index is 12.2. The summed E-state index contributed by atoms with van der Waals surface area (Å²) < 4.78 is 16.6. The number of ether oxygens (including phenoxy) is 3. The predicted molar refractivity (Wildman–Crippen MR) is 116 cm³/mol. The van der Waals surface area contributed by atoms with Gasteiger partial charge in [-0.25, -0.2) is 9.59 Å². The SMILES string of the molecule is COC(=O)c1ccc(Br)c(OCC2=NCCN(C(=O)OC(C)(C)C)C2)c1.CS. The molecular weight excluding hydrogens is 448 g/mol. The molecular formula is C19H27BrN2O5S. The van der Waals surface area contributed by atoms with Crippen LogP contribution in [0.25, 0.3) is 0 Å². The Morgan fingerprint density at radius 3 is 2.57 bits per heavy atom. The van der Waals surface area contributed by atoms with E-state index in [1.165, 1.54) is 7.11 Å². The first-order chi connectivity index (χ1) is 13.2. The molecule has 0 aliphatic carbocycles. The van der Waals surface area contributed by atoms with Crippen molar-refractivity contribution in [1.29, 1.82) is 0 Å². The number of carbonyl (C=O) groups excluding carboxylic acids is 2. The van der Waals surface area contributed by atoms with Crippen molar-refractivity contribution < 1.29 is 23.8 Å². The van der Waals surface area contributed by atoms with Gasteiger partial charge in [0.05, 0.1) is 35.9 Å². The Labute approximate surface area is 180 Å². The molecule has 0 aromatic heterocycles. The Bertz CT molecular complexity index is 719. The van der Waals surface area contributed by atoms with Crippen LogP contribution in [0, 0.1) is 0 Å². The van der Waals surface area contributed by atoms with E-state index in [0.717, 1.165) is 5.71 Å². The fourth-order valence-corrected chi connectivity index (χ4v) is 2.63. The molecule has 7 nitrogen and oxygen atoms in total. The normalized spacial score (nSPS) is 13.7. The van der Waals surface area contributed by atoms with Crippen LogP contribution in [-0.4, -0.2) is 67.9 Å². The van der Waals surface area contributed by atoms with E-state index in [-0.39, 0.29) is 12.7 Å². The van der Waals surface area contributed by atoms with E-state index in [4.69, 9.17) is 14.2 Å². The zero-order valence-electron chi connectivity index (χ0n) is 16.8. The number of carbonyl (C=O) groups is 2. The van der Waals surface area contributed by atoms with Gasteiger partial charge in [0.1, 0.15) is 18.0 Å². The largest absolute Gasteiger partial charge is 0.486 e. The fourth-order valence-electron chi connectivity index (χ4n) is 2.27. The summed E-state index contributed by atoms with van der Waals surface area (Å²) in [7, 11) is 1.33. The molecule has 0 unspecified atom stereocenters. The number of amides is 1. The maximum atomic E-state index is 12.2. The van der Waals surface area contributed by atoms with Crippen molar-refractivity contribution in [3.63, 3.8) is 0 Å². The minimum absolute atomic E-state index is 0.211. The van der Waals surface area contributed by atoms with Crippen LogP contribution in [0.4, 0.5) is 4.79 Å². The van der Waals surface area contributed by atoms with Crippen LogP contribution >= 0.6 is 28.6 Å². The zero-order chi connectivity index (χ0) is 21.3. The third-order valence-electron chi connectivity index (χ3n) is 3.48. The van der Waals surface area contributed by atoms with Crippen LogP contribution < -0.4 is 4.74 Å². The van der Waals surface area contributed by atoms with Crippen LogP contribution in [-0.2, 0) is 9.47 Å². The standard InChI is InChI=1S/C18H23BrN2O5.CH4S/c1-18(2,3)26-17(23)21-8-7-20-13(10-21)11-25-15-9-12(16(22)24-4)5-6-14(15)19;1-2/h5-6,9H,7-8,10-11H2,1-4H3;2H,1H3. The van der Waals surface area contributed by atoms with Gasteiger partial charge in [0.15, 0.2) is 0 Å². The summed E-state index contributed by atoms with van der Waals surface area (Å²) >= 11 is 6.92. The lowest BCUT2D eigenvalue weighted by molar-refractivity contribution is 0.0276. The third-order valence-corrected chi connectivity index (χ3v) is 4.13. The Morgan fingerprint density at radius 1 is 1.29 bits per heavy atom. The molecule has 0 saturated carbocycles. The molecule has 9 heteroatoms. The van der Waals surface area contributed by atoms with E-state index in [9.17, 15) is 9.59 Å². The molecule has 1 aromatic rings. The summed E-state index contributed by atoms with van der Waals surface area (Å²) in [6.45, 7) is 7.07. The van der Waals surface area contributed by atoms with Crippen LogP contribution in [0.15, 0.2) is 27.7 Å². The highest BCUT2D eigenvalue weighted by Crippen LogP contribution is 2.26. The van der Waals surface area contributed by atoms with Gasteiger partial charge >= 0.3 is 12.1 Å². The predicted octanol–water partition coefficient (Wildman–Crippen LogP) is 3.85. The van der Waals surface area contributed by atoms with Crippen LogP contribution in [0.3, 0.4) is 0 Å². The first-order valence-corrected chi connectivity index (χ1v) is 10.3. The second-order valence-corrected chi connectivity index (χ2v) is 7.63. The van der Waals surface area contributed by atoms with E-state index in [2.05, 4.69) is 33.6 Å². The minimum atomic E-state index is -0.540. The lowest BCUT2D eigenvalue weighted by atomic mass is 10.2. The molecule has 156 valence electrons. The smallest absolute Gasteiger partial charge is 0.410 e. The second-order valence-electron chi connectivity index (χ2n) is 6.78. The van der Waals surface area contributed by atoms with E-state index in [1.54, 1.807) is 29.4 Å².